The Morgan fingerprint density at radius 3 is 2.92 bits per heavy atom. The van der Waals surface area contributed by atoms with Crippen LogP contribution in [0.2, 0.25) is 0 Å². The normalized spacial score (nSPS) is 13.1. The van der Waals surface area contributed by atoms with Gasteiger partial charge in [0.1, 0.15) is 5.82 Å². The van der Waals surface area contributed by atoms with Gasteiger partial charge in [-0.2, -0.15) is 0 Å². The molecule has 2 aromatic rings. The molecule has 124 valence electrons. The molecule has 0 saturated heterocycles. The molecule has 2 N–H and O–H groups in total. The topological polar surface area (TPSA) is 58.2 Å². The minimum Gasteiger partial charge on any atom is -0.355 e. The number of carbonyl (C=O) groups is 2. The number of carbonyl (C=O) groups excluding carboxylic acids is 2. The van der Waals surface area contributed by atoms with Gasteiger partial charge in [0.2, 0.25) is 11.8 Å². The lowest BCUT2D eigenvalue weighted by Crippen LogP contribution is -2.27. The highest BCUT2D eigenvalue weighted by Gasteiger charge is 2.15. The SMILES string of the molecule is O=C(Cc1ccccc1F)NCCc1ccc2c(c1)NC(=O)CS2. The molecule has 0 unspecified atom stereocenters. The zero-order chi connectivity index (χ0) is 16.9. The summed E-state index contributed by atoms with van der Waals surface area (Å²) in [4.78, 5) is 24.4. The van der Waals surface area contributed by atoms with Crippen LogP contribution in [0, 0.1) is 5.82 Å². The second kappa shape index (κ2) is 7.49. The van der Waals surface area contributed by atoms with E-state index in [2.05, 4.69) is 10.6 Å². The Hall–Kier alpha value is -2.34. The minimum absolute atomic E-state index is 0.00263. The van der Waals surface area contributed by atoms with Crippen LogP contribution < -0.4 is 10.6 Å². The van der Waals surface area contributed by atoms with Crippen molar-refractivity contribution in [3.63, 3.8) is 0 Å². The summed E-state index contributed by atoms with van der Waals surface area (Å²) >= 11 is 1.52. The van der Waals surface area contributed by atoms with Gasteiger partial charge in [-0.1, -0.05) is 24.3 Å². The number of benzene rings is 2. The van der Waals surface area contributed by atoms with Crippen molar-refractivity contribution in [3.05, 3.63) is 59.4 Å². The monoisotopic (exact) mass is 344 g/mol. The summed E-state index contributed by atoms with van der Waals surface area (Å²) in [6, 6.07) is 12.2. The summed E-state index contributed by atoms with van der Waals surface area (Å²) in [5.41, 5.74) is 2.25. The van der Waals surface area contributed by atoms with Crippen molar-refractivity contribution >= 4 is 29.3 Å². The molecule has 0 saturated carbocycles. The number of thioether (sulfide) groups is 1. The highest BCUT2D eigenvalue weighted by atomic mass is 32.2. The maximum Gasteiger partial charge on any atom is 0.234 e. The second-order valence-electron chi connectivity index (χ2n) is 5.54. The summed E-state index contributed by atoms with van der Waals surface area (Å²) in [6.45, 7) is 0.465. The number of halogens is 1. The highest BCUT2D eigenvalue weighted by Crippen LogP contribution is 2.31. The molecule has 1 aliphatic heterocycles. The van der Waals surface area contributed by atoms with E-state index in [1.807, 2.05) is 18.2 Å². The first-order valence-electron chi connectivity index (χ1n) is 7.67. The van der Waals surface area contributed by atoms with Gasteiger partial charge in [-0.25, -0.2) is 4.39 Å². The van der Waals surface area contributed by atoms with Gasteiger partial charge in [0.05, 0.1) is 17.9 Å². The molecule has 6 heteroatoms. The quantitative estimate of drug-likeness (QED) is 0.877. The van der Waals surface area contributed by atoms with E-state index in [9.17, 15) is 14.0 Å². The van der Waals surface area contributed by atoms with Crippen LogP contribution in [0.4, 0.5) is 10.1 Å². The number of fused-ring (bicyclic) bond motifs is 1. The Morgan fingerprint density at radius 1 is 1.25 bits per heavy atom. The van der Waals surface area contributed by atoms with E-state index < -0.39 is 0 Å². The Kier molecular flexibility index (Phi) is 5.15. The standard InChI is InChI=1S/C18H17FN2O2S/c19-14-4-2-1-3-13(14)10-17(22)20-8-7-12-5-6-16-15(9-12)21-18(23)11-24-16/h1-6,9H,7-8,10-11H2,(H,20,22)(H,21,23). The van der Waals surface area contributed by atoms with Crippen molar-refractivity contribution in [1.29, 1.82) is 0 Å². The molecule has 0 atom stereocenters. The van der Waals surface area contributed by atoms with Gasteiger partial charge in [-0.3, -0.25) is 9.59 Å². The lowest BCUT2D eigenvalue weighted by atomic mass is 10.1. The first kappa shape index (κ1) is 16.5. The summed E-state index contributed by atoms with van der Waals surface area (Å²) in [6.07, 6.45) is 0.681. The smallest absolute Gasteiger partial charge is 0.234 e. The van der Waals surface area contributed by atoms with Crippen LogP contribution in [0.5, 0.6) is 0 Å². The van der Waals surface area contributed by atoms with Gasteiger partial charge in [0.15, 0.2) is 0 Å². The predicted octanol–water partition coefficient (Wildman–Crippen LogP) is 2.77. The summed E-state index contributed by atoms with van der Waals surface area (Å²) in [7, 11) is 0. The van der Waals surface area contributed by atoms with E-state index in [0.29, 0.717) is 24.3 Å². The van der Waals surface area contributed by atoms with Crippen LogP contribution in [0.15, 0.2) is 47.4 Å². The molecule has 1 aliphatic rings. The lowest BCUT2D eigenvalue weighted by Gasteiger charge is -2.17. The maximum atomic E-state index is 13.5. The van der Waals surface area contributed by atoms with Gasteiger partial charge in [-0.15, -0.1) is 11.8 Å². The average Bonchev–Trinajstić information content (AvgIpc) is 2.56. The van der Waals surface area contributed by atoms with E-state index in [1.165, 1.54) is 17.8 Å². The molecular formula is C18H17FN2O2S. The number of rotatable bonds is 5. The molecule has 0 fully saturated rings. The predicted molar refractivity (Wildman–Crippen MR) is 92.6 cm³/mol. The van der Waals surface area contributed by atoms with Gasteiger partial charge >= 0.3 is 0 Å². The number of hydrogen-bond acceptors (Lipinski definition) is 3. The van der Waals surface area contributed by atoms with Crippen LogP contribution in [0.1, 0.15) is 11.1 Å². The summed E-state index contributed by atoms with van der Waals surface area (Å²) in [5, 5.41) is 5.65. The van der Waals surface area contributed by atoms with Crippen molar-refractivity contribution < 1.29 is 14.0 Å². The minimum atomic E-state index is -0.365. The van der Waals surface area contributed by atoms with E-state index in [4.69, 9.17) is 0 Å². The molecule has 0 aromatic heterocycles. The van der Waals surface area contributed by atoms with Crippen molar-refractivity contribution in [2.24, 2.45) is 0 Å². The Bertz CT molecular complexity index is 779. The van der Waals surface area contributed by atoms with Crippen LogP contribution in [-0.2, 0) is 22.4 Å². The molecule has 0 radical (unpaired) electrons. The molecule has 24 heavy (non-hydrogen) atoms. The highest BCUT2D eigenvalue weighted by molar-refractivity contribution is 8.00. The first-order valence-corrected chi connectivity index (χ1v) is 8.66. The molecule has 2 aromatic carbocycles. The first-order chi connectivity index (χ1) is 11.6. The largest absolute Gasteiger partial charge is 0.355 e. The van der Waals surface area contributed by atoms with Crippen LogP contribution in [-0.4, -0.2) is 24.1 Å². The lowest BCUT2D eigenvalue weighted by molar-refractivity contribution is -0.120. The van der Waals surface area contributed by atoms with Crippen LogP contribution in [0.25, 0.3) is 0 Å². The zero-order valence-corrected chi connectivity index (χ0v) is 13.8. The van der Waals surface area contributed by atoms with Crippen molar-refractivity contribution in [1.82, 2.24) is 5.32 Å². The fourth-order valence-electron chi connectivity index (χ4n) is 2.51. The number of hydrogen-bond donors (Lipinski definition) is 2. The van der Waals surface area contributed by atoms with Crippen LogP contribution >= 0.6 is 11.8 Å². The summed E-state index contributed by atoms with van der Waals surface area (Å²) < 4.78 is 13.5. The average molecular weight is 344 g/mol. The number of amides is 2. The van der Waals surface area contributed by atoms with Gasteiger partial charge in [0, 0.05) is 11.4 Å². The molecule has 2 amide bonds. The van der Waals surface area contributed by atoms with E-state index in [-0.39, 0.29) is 24.1 Å². The van der Waals surface area contributed by atoms with Crippen molar-refractivity contribution in [3.8, 4) is 0 Å². The van der Waals surface area contributed by atoms with E-state index in [0.717, 1.165) is 16.1 Å². The van der Waals surface area contributed by atoms with E-state index >= 15 is 0 Å². The molecule has 0 aliphatic carbocycles. The number of nitrogens with one attached hydrogen (secondary N) is 2. The van der Waals surface area contributed by atoms with Gasteiger partial charge in [0.25, 0.3) is 0 Å². The van der Waals surface area contributed by atoms with E-state index in [1.54, 1.807) is 18.2 Å². The fourth-order valence-corrected chi connectivity index (χ4v) is 3.30. The van der Waals surface area contributed by atoms with Gasteiger partial charge in [-0.05, 0) is 35.7 Å². The van der Waals surface area contributed by atoms with Gasteiger partial charge < -0.3 is 10.6 Å². The third-order valence-corrected chi connectivity index (χ3v) is 4.80. The molecular weight excluding hydrogens is 327 g/mol. The molecule has 4 nitrogen and oxygen atoms in total. The molecule has 0 spiro atoms. The molecule has 1 heterocycles. The third-order valence-electron chi connectivity index (χ3n) is 3.72. The van der Waals surface area contributed by atoms with Crippen molar-refractivity contribution in [2.45, 2.75) is 17.7 Å². The fraction of sp³-hybridized carbons (Fsp3) is 0.222. The van der Waals surface area contributed by atoms with Crippen LogP contribution in [0.3, 0.4) is 0 Å². The molecule has 0 bridgehead atoms. The summed E-state index contributed by atoms with van der Waals surface area (Å²) in [5.74, 6) is -0.126. The molecule has 3 rings (SSSR count). The number of anilines is 1. The zero-order valence-electron chi connectivity index (χ0n) is 13.0. The Labute approximate surface area is 143 Å². The Morgan fingerprint density at radius 2 is 2.08 bits per heavy atom. The maximum absolute atomic E-state index is 13.5. The Balaban J connectivity index is 1.51. The third kappa shape index (κ3) is 4.14. The van der Waals surface area contributed by atoms with Crippen molar-refractivity contribution in [2.75, 3.05) is 17.6 Å². The second-order valence-corrected chi connectivity index (χ2v) is 6.55.